The van der Waals surface area contributed by atoms with Crippen LogP contribution in [0.4, 0.5) is 4.39 Å². The van der Waals surface area contributed by atoms with Crippen molar-refractivity contribution in [3.8, 4) is 0 Å². The van der Waals surface area contributed by atoms with E-state index in [1.54, 1.807) is 6.07 Å². The van der Waals surface area contributed by atoms with E-state index in [-0.39, 0.29) is 11.7 Å². The van der Waals surface area contributed by atoms with Gasteiger partial charge in [0.2, 0.25) is 0 Å². The molecule has 1 saturated carbocycles. The fraction of sp³-hybridized carbons (Fsp3) is 0.600. The molecule has 0 aliphatic heterocycles. The van der Waals surface area contributed by atoms with E-state index in [0.717, 1.165) is 31.6 Å². The van der Waals surface area contributed by atoms with Crippen LogP contribution < -0.4 is 0 Å². The second-order valence-corrected chi connectivity index (χ2v) is 5.74. The fourth-order valence-electron chi connectivity index (χ4n) is 2.91. The average molecular weight is 271 g/mol. The maximum absolute atomic E-state index is 13.7. The first-order valence-corrected chi connectivity index (χ1v) is 7.12. The van der Waals surface area contributed by atoms with E-state index in [1.807, 2.05) is 0 Å². The first-order chi connectivity index (χ1) is 8.61. The molecule has 1 unspecified atom stereocenters. The van der Waals surface area contributed by atoms with Crippen molar-refractivity contribution < 1.29 is 9.50 Å². The minimum Gasteiger partial charge on any atom is -0.388 e. The lowest BCUT2D eigenvalue weighted by atomic mass is 9.77. The second-order valence-electron chi connectivity index (χ2n) is 5.30. The third kappa shape index (κ3) is 3.04. The SMILES string of the molecule is CCC1CCC(C(O)c2cc(Cl)ccc2F)CC1. The van der Waals surface area contributed by atoms with E-state index >= 15 is 0 Å². The smallest absolute Gasteiger partial charge is 0.129 e. The summed E-state index contributed by atoms with van der Waals surface area (Å²) in [7, 11) is 0. The summed E-state index contributed by atoms with van der Waals surface area (Å²) in [5, 5.41) is 10.8. The van der Waals surface area contributed by atoms with Gasteiger partial charge in [0.05, 0.1) is 6.10 Å². The summed E-state index contributed by atoms with van der Waals surface area (Å²) >= 11 is 5.87. The van der Waals surface area contributed by atoms with Crippen LogP contribution in [0.3, 0.4) is 0 Å². The van der Waals surface area contributed by atoms with Gasteiger partial charge >= 0.3 is 0 Å². The number of aliphatic hydroxyl groups excluding tert-OH is 1. The van der Waals surface area contributed by atoms with Gasteiger partial charge in [-0.3, -0.25) is 0 Å². The number of halogens is 2. The molecule has 3 heteroatoms. The summed E-state index contributed by atoms with van der Waals surface area (Å²) in [5.74, 6) is 0.586. The zero-order valence-corrected chi connectivity index (χ0v) is 11.5. The van der Waals surface area contributed by atoms with Crippen molar-refractivity contribution in [2.24, 2.45) is 11.8 Å². The van der Waals surface area contributed by atoms with E-state index in [4.69, 9.17) is 11.6 Å². The Labute approximate surface area is 113 Å². The Morgan fingerprint density at radius 3 is 2.61 bits per heavy atom. The van der Waals surface area contributed by atoms with Crippen LogP contribution in [0.5, 0.6) is 0 Å². The molecule has 1 aromatic carbocycles. The van der Waals surface area contributed by atoms with Crippen LogP contribution in [0.1, 0.15) is 50.7 Å². The Hall–Kier alpha value is -0.600. The van der Waals surface area contributed by atoms with Crippen LogP contribution in [0.15, 0.2) is 18.2 Å². The minimum atomic E-state index is -0.721. The van der Waals surface area contributed by atoms with Gasteiger partial charge in [-0.05, 0) is 42.9 Å². The Morgan fingerprint density at radius 2 is 2.00 bits per heavy atom. The minimum absolute atomic E-state index is 0.167. The van der Waals surface area contributed by atoms with Crippen LogP contribution in [0, 0.1) is 17.7 Å². The molecule has 0 amide bonds. The van der Waals surface area contributed by atoms with E-state index in [0.29, 0.717) is 10.6 Å². The molecule has 18 heavy (non-hydrogen) atoms. The van der Waals surface area contributed by atoms with Crippen LogP contribution >= 0.6 is 11.6 Å². The van der Waals surface area contributed by atoms with Gasteiger partial charge in [0, 0.05) is 10.6 Å². The number of benzene rings is 1. The van der Waals surface area contributed by atoms with Gasteiger partial charge in [-0.2, -0.15) is 0 Å². The summed E-state index contributed by atoms with van der Waals surface area (Å²) in [6.45, 7) is 2.21. The van der Waals surface area contributed by atoms with Crippen LogP contribution in [0.25, 0.3) is 0 Å². The maximum Gasteiger partial charge on any atom is 0.129 e. The van der Waals surface area contributed by atoms with Gasteiger partial charge in [0.25, 0.3) is 0 Å². The summed E-state index contributed by atoms with van der Waals surface area (Å²) in [5.41, 5.74) is 0.349. The predicted molar refractivity (Wildman–Crippen MR) is 72.1 cm³/mol. The molecule has 0 saturated heterocycles. The van der Waals surface area contributed by atoms with Crippen molar-refractivity contribution in [2.75, 3.05) is 0 Å². The molecular weight excluding hydrogens is 251 g/mol. The van der Waals surface area contributed by atoms with Crippen molar-refractivity contribution in [3.63, 3.8) is 0 Å². The normalized spacial score (nSPS) is 26.0. The molecule has 0 aromatic heterocycles. The molecule has 0 radical (unpaired) electrons. The molecule has 1 atom stereocenters. The monoisotopic (exact) mass is 270 g/mol. The molecule has 1 fully saturated rings. The Kier molecular flexibility index (Phi) is 4.63. The molecule has 1 nitrogen and oxygen atoms in total. The van der Waals surface area contributed by atoms with Crippen LogP contribution in [0.2, 0.25) is 5.02 Å². The standard InChI is InChI=1S/C15H20ClFO/c1-2-10-3-5-11(6-4-10)15(18)13-9-12(16)7-8-14(13)17/h7-11,15,18H,2-6H2,1H3. The molecule has 0 bridgehead atoms. The highest BCUT2D eigenvalue weighted by atomic mass is 35.5. The molecular formula is C15H20ClFO. The third-order valence-corrected chi connectivity index (χ3v) is 4.43. The largest absolute Gasteiger partial charge is 0.388 e. The predicted octanol–water partition coefficient (Wildman–Crippen LogP) is 4.73. The highest BCUT2D eigenvalue weighted by Gasteiger charge is 2.28. The van der Waals surface area contributed by atoms with Gasteiger partial charge in [-0.25, -0.2) is 4.39 Å². The Bertz CT molecular complexity index is 399. The lowest BCUT2D eigenvalue weighted by Crippen LogP contribution is -2.21. The Balaban J connectivity index is 2.07. The Morgan fingerprint density at radius 1 is 1.33 bits per heavy atom. The molecule has 1 aliphatic rings. The first kappa shape index (κ1) is 13.8. The van der Waals surface area contributed by atoms with Crippen LogP contribution in [-0.4, -0.2) is 5.11 Å². The van der Waals surface area contributed by atoms with Gasteiger partial charge in [0.1, 0.15) is 5.82 Å². The van der Waals surface area contributed by atoms with E-state index in [2.05, 4.69) is 6.92 Å². The highest BCUT2D eigenvalue weighted by Crippen LogP contribution is 2.38. The van der Waals surface area contributed by atoms with E-state index in [9.17, 15) is 9.50 Å². The first-order valence-electron chi connectivity index (χ1n) is 6.74. The topological polar surface area (TPSA) is 20.2 Å². The quantitative estimate of drug-likeness (QED) is 0.842. The average Bonchev–Trinajstić information content (AvgIpc) is 2.41. The van der Waals surface area contributed by atoms with Crippen molar-refractivity contribution >= 4 is 11.6 Å². The maximum atomic E-state index is 13.7. The lowest BCUT2D eigenvalue weighted by Gasteiger charge is -2.31. The number of aliphatic hydroxyl groups is 1. The summed E-state index contributed by atoms with van der Waals surface area (Å²) in [6, 6.07) is 4.40. The van der Waals surface area contributed by atoms with Crippen molar-refractivity contribution in [3.05, 3.63) is 34.6 Å². The van der Waals surface area contributed by atoms with Gasteiger partial charge < -0.3 is 5.11 Å². The lowest BCUT2D eigenvalue weighted by molar-refractivity contribution is 0.0701. The molecule has 1 N–H and O–H groups in total. The van der Waals surface area contributed by atoms with Crippen LogP contribution in [-0.2, 0) is 0 Å². The number of hydrogen-bond acceptors (Lipinski definition) is 1. The van der Waals surface area contributed by atoms with Crippen molar-refractivity contribution in [1.29, 1.82) is 0 Å². The highest BCUT2D eigenvalue weighted by molar-refractivity contribution is 6.30. The molecule has 100 valence electrons. The summed E-state index contributed by atoms with van der Waals surface area (Å²) < 4.78 is 13.7. The summed E-state index contributed by atoms with van der Waals surface area (Å²) in [6.07, 6.45) is 4.72. The molecule has 0 spiro atoms. The van der Waals surface area contributed by atoms with E-state index < -0.39 is 6.10 Å². The van der Waals surface area contributed by atoms with Crippen molar-refractivity contribution in [2.45, 2.75) is 45.1 Å². The molecule has 1 aliphatic carbocycles. The van der Waals surface area contributed by atoms with Gasteiger partial charge in [0.15, 0.2) is 0 Å². The zero-order chi connectivity index (χ0) is 13.1. The van der Waals surface area contributed by atoms with Gasteiger partial charge in [-0.1, -0.05) is 37.8 Å². The second kappa shape index (κ2) is 6.03. The van der Waals surface area contributed by atoms with Crippen molar-refractivity contribution in [1.82, 2.24) is 0 Å². The molecule has 0 heterocycles. The third-order valence-electron chi connectivity index (χ3n) is 4.19. The summed E-state index contributed by atoms with van der Waals surface area (Å²) in [4.78, 5) is 0. The fourth-order valence-corrected chi connectivity index (χ4v) is 3.09. The van der Waals surface area contributed by atoms with Gasteiger partial charge in [-0.15, -0.1) is 0 Å². The zero-order valence-electron chi connectivity index (χ0n) is 10.7. The molecule has 1 aromatic rings. The number of hydrogen-bond donors (Lipinski definition) is 1. The molecule has 2 rings (SSSR count). The van der Waals surface area contributed by atoms with E-state index in [1.165, 1.54) is 18.6 Å². The number of rotatable bonds is 3.